The molecule has 0 aromatic rings. The molecule has 1 amide bonds. The number of fused-ring (bicyclic) bond motifs is 1. The van der Waals surface area contributed by atoms with Crippen molar-refractivity contribution < 1.29 is 19.1 Å². The lowest BCUT2D eigenvalue weighted by molar-refractivity contribution is -0.147. The SMILES string of the molecule is COC(=O)C1C2CCNC2CN1C(=O)OC(C)(C)C. The third kappa shape index (κ3) is 2.83. The Kier molecular flexibility index (Phi) is 3.71. The quantitative estimate of drug-likeness (QED) is 0.712. The Hall–Kier alpha value is -1.30. The molecule has 6 heteroatoms. The van der Waals surface area contributed by atoms with E-state index in [0.29, 0.717) is 6.54 Å². The molecule has 0 spiro atoms. The van der Waals surface area contributed by atoms with Crippen molar-refractivity contribution in [3.8, 4) is 0 Å². The summed E-state index contributed by atoms with van der Waals surface area (Å²) in [5.74, 6) is -0.234. The van der Waals surface area contributed by atoms with Crippen LogP contribution in [-0.2, 0) is 14.3 Å². The molecule has 2 fully saturated rings. The van der Waals surface area contributed by atoms with Crippen LogP contribution in [0.5, 0.6) is 0 Å². The van der Waals surface area contributed by atoms with Gasteiger partial charge in [-0.05, 0) is 33.7 Å². The first-order valence-corrected chi connectivity index (χ1v) is 6.64. The van der Waals surface area contributed by atoms with Gasteiger partial charge in [-0.15, -0.1) is 0 Å². The average Bonchev–Trinajstić information content (AvgIpc) is 2.84. The normalized spacial score (nSPS) is 30.1. The lowest BCUT2D eigenvalue weighted by atomic mass is 9.97. The predicted molar refractivity (Wildman–Crippen MR) is 68.6 cm³/mol. The Labute approximate surface area is 113 Å². The summed E-state index contributed by atoms with van der Waals surface area (Å²) >= 11 is 0. The Bertz CT molecular complexity index is 377. The fourth-order valence-corrected chi connectivity index (χ4v) is 2.85. The molecule has 0 saturated carbocycles. The number of rotatable bonds is 1. The maximum Gasteiger partial charge on any atom is 0.411 e. The zero-order valence-electron chi connectivity index (χ0n) is 11.9. The molecular formula is C13H22N2O4. The van der Waals surface area contributed by atoms with Crippen LogP contribution in [0.2, 0.25) is 0 Å². The molecule has 0 radical (unpaired) electrons. The summed E-state index contributed by atoms with van der Waals surface area (Å²) in [7, 11) is 1.35. The zero-order valence-corrected chi connectivity index (χ0v) is 11.9. The summed E-state index contributed by atoms with van der Waals surface area (Å²) in [4.78, 5) is 25.6. The number of esters is 1. The van der Waals surface area contributed by atoms with Crippen LogP contribution in [0.4, 0.5) is 4.79 Å². The van der Waals surface area contributed by atoms with E-state index in [-0.39, 0.29) is 17.9 Å². The number of likely N-dealkylation sites (tertiary alicyclic amines) is 1. The monoisotopic (exact) mass is 270 g/mol. The van der Waals surface area contributed by atoms with E-state index in [0.717, 1.165) is 13.0 Å². The van der Waals surface area contributed by atoms with Crippen molar-refractivity contribution in [3.63, 3.8) is 0 Å². The van der Waals surface area contributed by atoms with E-state index in [1.807, 2.05) is 20.8 Å². The third-order valence-electron chi connectivity index (χ3n) is 3.61. The summed E-state index contributed by atoms with van der Waals surface area (Å²) in [5.41, 5.74) is -0.567. The first-order valence-electron chi connectivity index (χ1n) is 6.64. The van der Waals surface area contributed by atoms with Crippen molar-refractivity contribution in [1.82, 2.24) is 10.2 Å². The highest BCUT2D eigenvalue weighted by Gasteiger charge is 2.51. The largest absolute Gasteiger partial charge is 0.467 e. The van der Waals surface area contributed by atoms with Gasteiger partial charge in [0.25, 0.3) is 0 Å². The fourth-order valence-electron chi connectivity index (χ4n) is 2.85. The zero-order chi connectivity index (χ0) is 14.2. The number of hydrogen-bond donors (Lipinski definition) is 1. The lowest BCUT2D eigenvalue weighted by Gasteiger charge is -2.28. The van der Waals surface area contributed by atoms with Crippen LogP contribution < -0.4 is 5.32 Å². The highest BCUT2D eigenvalue weighted by atomic mass is 16.6. The molecule has 0 bridgehead atoms. The predicted octanol–water partition coefficient (Wildman–Crippen LogP) is 0.757. The van der Waals surface area contributed by atoms with Crippen LogP contribution >= 0.6 is 0 Å². The molecule has 6 nitrogen and oxygen atoms in total. The standard InChI is InChI=1S/C13H22N2O4/c1-13(2,3)19-12(17)15-7-9-8(5-6-14-9)10(15)11(16)18-4/h8-10,14H,5-7H2,1-4H3. The minimum atomic E-state index is -0.567. The second kappa shape index (κ2) is 5.00. The van der Waals surface area contributed by atoms with Crippen molar-refractivity contribution in [2.24, 2.45) is 5.92 Å². The van der Waals surface area contributed by atoms with Gasteiger partial charge in [-0.25, -0.2) is 9.59 Å². The summed E-state index contributed by atoms with van der Waals surface area (Å²) in [6, 6.07) is -0.364. The van der Waals surface area contributed by atoms with Gasteiger partial charge < -0.3 is 14.8 Å². The van der Waals surface area contributed by atoms with E-state index < -0.39 is 17.7 Å². The van der Waals surface area contributed by atoms with Crippen LogP contribution in [-0.4, -0.2) is 54.8 Å². The third-order valence-corrected chi connectivity index (χ3v) is 3.61. The molecule has 3 unspecified atom stereocenters. The van der Waals surface area contributed by atoms with E-state index in [1.165, 1.54) is 12.0 Å². The molecular weight excluding hydrogens is 248 g/mol. The molecule has 108 valence electrons. The summed E-state index contributed by atoms with van der Waals surface area (Å²) < 4.78 is 10.2. The van der Waals surface area contributed by atoms with Crippen LogP contribution in [0, 0.1) is 5.92 Å². The van der Waals surface area contributed by atoms with Gasteiger partial charge in [-0.1, -0.05) is 0 Å². The van der Waals surface area contributed by atoms with Gasteiger partial charge in [-0.3, -0.25) is 4.90 Å². The van der Waals surface area contributed by atoms with Crippen LogP contribution in [0.1, 0.15) is 27.2 Å². The maximum atomic E-state index is 12.2. The topological polar surface area (TPSA) is 67.9 Å². The number of carbonyl (C=O) groups is 2. The molecule has 2 heterocycles. The number of methoxy groups -OCH3 is 1. The van der Waals surface area contributed by atoms with E-state index in [9.17, 15) is 9.59 Å². The Balaban J connectivity index is 2.14. The summed E-state index contributed by atoms with van der Waals surface area (Å²) in [6.45, 7) is 6.82. The minimum Gasteiger partial charge on any atom is -0.467 e. The van der Waals surface area contributed by atoms with E-state index in [1.54, 1.807) is 0 Å². The minimum absolute atomic E-state index is 0.125. The molecule has 19 heavy (non-hydrogen) atoms. The van der Waals surface area contributed by atoms with Gasteiger partial charge in [0.05, 0.1) is 7.11 Å². The van der Waals surface area contributed by atoms with E-state index in [4.69, 9.17) is 9.47 Å². The second-order valence-corrected chi connectivity index (χ2v) is 6.11. The van der Waals surface area contributed by atoms with Crippen molar-refractivity contribution in [2.45, 2.75) is 44.9 Å². The van der Waals surface area contributed by atoms with Crippen molar-refractivity contribution in [3.05, 3.63) is 0 Å². The second-order valence-electron chi connectivity index (χ2n) is 6.11. The first-order chi connectivity index (χ1) is 8.83. The van der Waals surface area contributed by atoms with Gasteiger partial charge in [-0.2, -0.15) is 0 Å². The van der Waals surface area contributed by atoms with Crippen LogP contribution in [0.15, 0.2) is 0 Å². The molecule has 0 aromatic heterocycles. The molecule has 0 aliphatic carbocycles. The molecule has 2 aliphatic heterocycles. The Morgan fingerprint density at radius 2 is 2.00 bits per heavy atom. The van der Waals surface area contributed by atoms with E-state index >= 15 is 0 Å². The van der Waals surface area contributed by atoms with Crippen molar-refractivity contribution in [2.75, 3.05) is 20.2 Å². The van der Waals surface area contributed by atoms with Crippen molar-refractivity contribution >= 4 is 12.1 Å². The highest BCUT2D eigenvalue weighted by molar-refractivity contribution is 5.83. The molecule has 3 atom stereocenters. The van der Waals surface area contributed by atoms with Crippen molar-refractivity contribution in [1.29, 1.82) is 0 Å². The van der Waals surface area contributed by atoms with Gasteiger partial charge in [0.2, 0.25) is 0 Å². The maximum absolute atomic E-state index is 12.2. The Morgan fingerprint density at radius 3 is 2.58 bits per heavy atom. The number of amides is 1. The number of nitrogens with one attached hydrogen (secondary N) is 1. The number of ether oxygens (including phenoxy) is 2. The molecule has 2 rings (SSSR count). The van der Waals surface area contributed by atoms with Gasteiger partial charge in [0.1, 0.15) is 11.6 Å². The first kappa shape index (κ1) is 14.1. The van der Waals surface area contributed by atoms with Gasteiger partial charge in [0, 0.05) is 18.5 Å². The smallest absolute Gasteiger partial charge is 0.411 e. The lowest BCUT2D eigenvalue weighted by Crippen LogP contribution is -2.46. The number of carbonyl (C=O) groups excluding carboxylic acids is 2. The molecule has 2 aliphatic rings. The average molecular weight is 270 g/mol. The highest BCUT2D eigenvalue weighted by Crippen LogP contribution is 2.32. The molecule has 1 N–H and O–H groups in total. The van der Waals surface area contributed by atoms with Gasteiger partial charge >= 0.3 is 12.1 Å². The summed E-state index contributed by atoms with van der Waals surface area (Å²) in [5, 5.41) is 3.32. The Morgan fingerprint density at radius 1 is 1.32 bits per heavy atom. The van der Waals surface area contributed by atoms with Crippen LogP contribution in [0.25, 0.3) is 0 Å². The van der Waals surface area contributed by atoms with Gasteiger partial charge in [0.15, 0.2) is 0 Å². The van der Waals surface area contributed by atoms with E-state index in [2.05, 4.69) is 5.32 Å². The summed E-state index contributed by atoms with van der Waals surface area (Å²) in [6.07, 6.45) is 0.433. The fraction of sp³-hybridized carbons (Fsp3) is 0.846. The van der Waals surface area contributed by atoms with Crippen LogP contribution in [0.3, 0.4) is 0 Å². The number of nitrogens with zero attached hydrogens (tertiary/aromatic N) is 1. The molecule has 2 saturated heterocycles. The number of hydrogen-bond acceptors (Lipinski definition) is 5. The molecule has 0 aromatic carbocycles.